The minimum absolute atomic E-state index is 0.132. The molecule has 0 N–H and O–H groups in total. The van der Waals surface area contributed by atoms with Gasteiger partial charge in [-0.25, -0.2) is 14.6 Å². The highest BCUT2D eigenvalue weighted by Gasteiger charge is 2.49. The van der Waals surface area contributed by atoms with Crippen molar-refractivity contribution in [2.24, 2.45) is 13.0 Å². The molecule has 2 amide bonds. The van der Waals surface area contributed by atoms with Crippen LogP contribution in [0.25, 0.3) is 11.3 Å². The van der Waals surface area contributed by atoms with Crippen LogP contribution in [0.15, 0.2) is 18.2 Å². The first-order valence-corrected chi connectivity index (χ1v) is 14.4. The van der Waals surface area contributed by atoms with Gasteiger partial charge in [-0.2, -0.15) is 0 Å². The number of imidazole rings is 1. The molecule has 1 aromatic carbocycles. The number of likely N-dealkylation sites (N-methyl/N-ethyl adjacent to an activating group) is 1. The van der Waals surface area contributed by atoms with Crippen LogP contribution in [0.3, 0.4) is 0 Å². The Morgan fingerprint density at radius 1 is 1.12 bits per heavy atom. The molecule has 1 aliphatic carbocycles. The second-order valence-electron chi connectivity index (χ2n) is 12.9. The lowest BCUT2D eigenvalue weighted by atomic mass is 9.83. The van der Waals surface area contributed by atoms with Gasteiger partial charge >= 0.3 is 12.2 Å². The molecule has 216 valence electrons. The fourth-order valence-corrected chi connectivity index (χ4v) is 5.97. The number of aryl methyl sites for hydroxylation is 1. The molecule has 10 nitrogen and oxygen atoms in total. The number of fused-ring (bicyclic) bond motifs is 4. The summed E-state index contributed by atoms with van der Waals surface area (Å²) in [5.41, 5.74) is 2.97. The number of aromatic nitrogens is 2. The van der Waals surface area contributed by atoms with Gasteiger partial charge in [-0.15, -0.1) is 0 Å². The summed E-state index contributed by atoms with van der Waals surface area (Å²) in [6, 6.07) is 6.39. The Morgan fingerprint density at radius 2 is 1.82 bits per heavy atom. The number of carbonyl (C=O) groups excluding carboxylic acids is 2. The fourth-order valence-electron chi connectivity index (χ4n) is 5.97. The van der Waals surface area contributed by atoms with Crippen molar-refractivity contribution in [3.63, 3.8) is 0 Å². The fraction of sp³-hybridized carbons (Fsp3) is 0.633. The Balaban J connectivity index is 1.24. The Bertz CT molecular complexity index is 1310. The van der Waals surface area contributed by atoms with E-state index >= 15 is 0 Å². The average molecular weight is 552 g/mol. The largest absolute Gasteiger partial charge is 0.480 e. The smallest absolute Gasteiger partial charge is 0.410 e. The first-order valence-electron chi connectivity index (χ1n) is 14.4. The summed E-state index contributed by atoms with van der Waals surface area (Å²) >= 11 is 0. The van der Waals surface area contributed by atoms with E-state index in [-0.39, 0.29) is 18.2 Å². The minimum Gasteiger partial charge on any atom is -0.480 e. The van der Waals surface area contributed by atoms with E-state index < -0.39 is 11.2 Å². The van der Waals surface area contributed by atoms with Gasteiger partial charge in [0.25, 0.3) is 0 Å². The number of piperidine rings is 1. The summed E-state index contributed by atoms with van der Waals surface area (Å²) in [5, 5.41) is 0. The molecule has 2 saturated heterocycles. The lowest BCUT2D eigenvalue weighted by Gasteiger charge is -2.45. The van der Waals surface area contributed by atoms with Crippen LogP contribution >= 0.6 is 0 Å². The Kier molecular flexibility index (Phi) is 6.42. The van der Waals surface area contributed by atoms with E-state index in [9.17, 15) is 9.59 Å². The van der Waals surface area contributed by atoms with Crippen molar-refractivity contribution in [3.8, 4) is 17.0 Å². The molecule has 10 heteroatoms. The molecule has 0 unspecified atom stereocenters. The maximum atomic E-state index is 12.7. The van der Waals surface area contributed by atoms with Gasteiger partial charge in [-0.3, -0.25) is 0 Å². The minimum atomic E-state index is -0.591. The summed E-state index contributed by atoms with van der Waals surface area (Å²) in [5.74, 6) is 2.21. The van der Waals surface area contributed by atoms with Crippen molar-refractivity contribution in [3.05, 3.63) is 29.5 Å². The maximum absolute atomic E-state index is 12.7. The maximum Gasteiger partial charge on any atom is 0.410 e. The van der Waals surface area contributed by atoms with E-state index in [1.54, 1.807) is 4.90 Å². The summed E-state index contributed by atoms with van der Waals surface area (Å²) < 4.78 is 20.1. The SMILES string of the molecule is Cc1ccc2c(c1)OC1(CCN(C(=O)OCC3CC3)CC1)c1c-2nc(N(C)C2CN(C(=O)OC(C)(C)C)C2)n1C. The molecule has 3 fully saturated rings. The molecule has 4 heterocycles. The van der Waals surface area contributed by atoms with E-state index in [0.717, 1.165) is 47.1 Å². The van der Waals surface area contributed by atoms with Gasteiger partial charge in [0.05, 0.1) is 18.3 Å². The number of ether oxygens (including phenoxy) is 3. The van der Waals surface area contributed by atoms with Gasteiger partial charge in [0.2, 0.25) is 5.95 Å². The van der Waals surface area contributed by atoms with Crippen molar-refractivity contribution >= 4 is 18.1 Å². The van der Waals surface area contributed by atoms with Gasteiger partial charge in [-0.05, 0) is 64.2 Å². The number of anilines is 1. The number of hydrogen-bond acceptors (Lipinski definition) is 7. The summed E-state index contributed by atoms with van der Waals surface area (Å²) in [7, 11) is 4.08. The number of likely N-dealkylation sites (tertiary alicyclic amines) is 2. The van der Waals surface area contributed by atoms with Crippen LogP contribution in [-0.2, 0) is 22.1 Å². The zero-order valence-electron chi connectivity index (χ0n) is 24.5. The van der Waals surface area contributed by atoms with Crippen LogP contribution in [0.2, 0.25) is 0 Å². The van der Waals surface area contributed by atoms with Crippen LogP contribution in [-0.4, -0.2) is 83.0 Å². The second kappa shape index (κ2) is 9.59. The predicted octanol–water partition coefficient (Wildman–Crippen LogP) is 4.68. The Labute approximate surface area is 236 Å². The molecular weight excluding hydrogens is 510 g/mol. The van der Waals surface area contributed by atoms with Gasteiger partial charge in [0.15, 0.2) is 5.60 Å². The third-order valence-corrected chi connectivity index (χ3v) is 8.55. The zero-order valence-corrected chi connectivity index (χ0v) is 24.5. The molecule has 0 radical (unpaired) electrons. The highest BCUT2D eigenvalue weighted by molar-refractivity contribution is 5.76. The third-order valence-electron chi connectivity index (χ3n) is 8.55. The van der Waals surface area contributed by atoms with Crippen molar-refractivity contribution in [1.82, 2.24) is 19.4 Å². The monoisotopic (exact) mass is 551 g/mol. The molecule has 1 spiro atoms. The van der Waals surface area contributed by atoms with Crippen LogP contribution in [0.1, 0.15) is 57.7 Å². The molecule has 3 aliphatic heterocycles. The standard InChI is InChI=1S/C30H41N5O5/c1-19-7-10-22-23(15-19)39-30(11-13-34(14-12-30)27(36)38-18-20-8-9-20)25-24(22)31-26(33(25)6)32(5)21-16-35(17-21)28(37)40-29(2,3)4/h7,10,15,20-21H,8-9,11-14,16-18H2,1-6H3. The quantitative estimate of drug-likeness (QED) is 0.545. The number of amides is 2. The van der Waals surface area contributed by atoms with E-state index in [0.29, 0.717) is 51.5 Å². The van der Waals surface area contributed by atoms with Gasteiger partial charge in [0.1, 0.15) is 17.0 Å². The van der Waals surface area contributed by atoms with E-state index in [4.69, 9.17) is 19.2 Å². The number of hydrogen-bond donors (Lipinski definition) is 0. The number of carbonyl (C=O) groups is 2. The second-order valence-corrected chi connectivity index (χ2v) is 12.9. The average Bonchev–Trinajstić information content (AvgIpc) is 3.61. The van der Waals surface area contributed by atoms with Crippen LogP contribution in [0.5, 0.6) is 5.75 Å². The van der Waals surface area contributed by atoms with Crippen LogP contribution in [0.4, 0.5) is 15.5 Å². The van der Waals surface area contributed by atoms with Crippen molar-refractivity contribution < 1.29 is 23.8 Å². The van der Waals surface area contributed by atoms with Gasteiger partial charge < -0.3 is 33.5 Å². The predicted molar refractivity (Wildman–Crippen MR) is 151 cm³/mol. The molecular formula is C30H41N5O5. The number of nitrogens with zero attached hydrogens (tertiary/aromatic N) is 5. The molecule has 6 rings (SSSR count). The first-order chi connectivity index (χ1) is 18.9. The summed E-state index contributed by atoms with van der Waals surface area (Å²) in [4.78, 5) is 36.1. The molecule has 4 aliphatic rings. The first kappa shape index (κ1) is 26.8. The van der Waals surface area contributed by atoms with E-state index in [2.05, 4.69) is 34.6 Å². The van der Waals surface area contributed by atoms with Crippen molar-refractivity contribution in [2.75, 3.05) is 44.7 Å². The Hall–Kier alpha value is -3.43. The third kappa shape index (κ3) is 4.86. The normalized spacial score (nSPS) is 19.9. The van der Waals surface area contributed by atoms with Crippen LogP contribution < -0.4 is 9.64 Å². The summed E-state index contributed by atoms with van der Waals surface area (Å²) in [6.07, 6.45) is 3.12. The highest BCUT2D eigenvalue weighted by atomic mass is 16.6. The Morgan fingerprint density at radius 3 is 2.48 bits per heavy atom. The van der Waals surface area contributed by atoms with E-state index in [1.165, 1.54) is 0 Å². The topological polar surface area (TPSA) is 89.4 Å². The molecule has 40 heavy (non-hydrogen) atoms. The highest BCUT2D eigenvalue weighted by Crippen LogP contribution is 2.50. The van der Waals surface area contributed by atoms with Gasteiger partial charge in [-0.1, -0.05) is 6.07 Å². The zero-order chi connectivity index (χ0) is 28.4. The summed E-state index contributed by atoms with van der Waals surface area (Å²) in [6.45, 7) is 10.5. The lowest BCUT2D eigenvalue weighted by Crippen LogP contribution is -2.61. The lowest BCUT2D eigenvalue weighted by molar-refractivity contribution is -0.0109. The molecule has 0 bridgehead atoms. The van der Waals surface area contributed by atoms with Crippen molar-refractivity contribution in [2.45, 2.75) is 70.6 Å². The number of rotatable bonds is 4. The molecule has 1 aromatic heterocycles. The van der Waals surface area contributed by atoms with E-state index in [1.807, 2.05) is 39.8 Å². The molecule has 1 saturated carbocycles. The van der Waals surface area contributed by atoms with Gasteiger partial charge in [0, 0.05) is 58.7 Å². The van der Waals surface area contributed by atoms with Crippen LogP contribution in [0, 0.1) is 12.8 Å². The molecule has 0 atom stereocenters. The number of benzene rings is 1. The van der Waals surface area contributed by atoms with Crippen molar-refractivity contribution in [1.29, 1.82) is 0 Å². The molecule has 2 aromatic rings.